The van der Waals surface area contributed by atoms with Crippen LogP contribution in [0.15, 0.2) is 0 Å². The maximum atomic E-state index is 5.92. The minimum atomic E-state index is 0.0317. The summed E-state index contributed by atoms with van der Waals surface area (Å²) in [5.74, 6) is 0. The Labute approximate surface area is 89.4 Å². The van der Waals surface area contributed by atoms with Gasteiger partial charge in [-0.05, 0) is 39.7 Å². The van der Waals surface area contributed by atoms with E-state index in [1.807, 2.05) is 0 Å². The van der Waals surface area contributed by atoms with Gasteiger partial charge < -0.3 is 10.1 Å². The van der Waals surface area contributed by atoms with Crippen molar-refractivity contribution in [1.82, 2.24) is 5.32 Å². The fourth-order valence-corrected chi connectivity index (χ4v) is 2.03. The number of nitrogens with one attached hydrogen (secondary N) is 1. The van der Waals surface area contributed by atoms with E-state index in [-0.39, 0.29) is 5.60 Å². The fourth-order valence-electron chi connectivity index (χ4n) is 2.03. The molecule has 0 aromatic carbocycles. The van der Waals surface area contributed by atoms with E-state index in [0.29, 0.717) is 6.04 Å². The zero-order chi connectivity index (χ0) is 11.0. The molecule has 0 heterocycles. The van der Waals surface area contributed by atoms with Crippen LogP contribution < -0.4 is 5.32 Å². The molecule has 0 rings (SSSR count). The SMILES string of the molecule is CCCNC(C)C(CC)(CC)OCC. The van der Waals surface area contributed by atoms with Gasteiger partial charge in [-0.3, -0.25) is 0 Å². The van der Waals surface area contributed by atoms with Gasteiger partial charge in [-0.2, -0.15) is 0 Å². The highest BCUT2D eigenvalue weighted by molar-refractivity contribution is 4.88. The van der Waals surface area contributed by atoms with Crippen LogP contribution in [0.25, 0.3) is 0 Å². The van der Waals surface area contributed by atoms with Crippen molar-refractivity contribution in [3.05, 3.63) is 0 Å². The Kier molecular flexibility index (Phi) is 7.20. The third kappa shape index (κ3) is 3.58. The van der Waals surface area contributed by atoms with Gasteiger partial charge >= 0.3 is 0 Å². The van der Waals surface area contributed by atoms with Crippen LogP contribution in [0, 0.1) is 0 Å². The summed E-state index contributed by atoms with van der Waals surface area (Å²) in [5, 5.41) is 3.53. The van der Waals surface area contributed by atoms with E-state index >= 15 is 0 Å². The van der Waals surface area contributed by atoms with Crippen molar-refractivity contribution < 1.29 is 4.74 Å². The Morgan fingerprint density at radius 3 is 2.07 bits per heavy atom. The molecule has 1 atom stereocenters. The summed E-state index contributed by atoms with van der Waals surface area (Å²) in [5.41, 5.74) is 0.0317. The summed E-state index contributed by atoms with van der Waals surface area (Å²) in [7, 11) is 0. The monoisotopic (exact) mass is 201 g/mol. The molecule has 0 spiro atoms. The van der Waals surface area contributed by atoms with Gasteiger partial charge in [-0.25, -0.2) is 0 Å². The second-order valence-electron chi connectivity index (χ2n) is 3.88. The van der Waals surface area contributed by atoms with Crippen LogP contribution in [0.1, 0.15) is 53.9 Å². The van der Waals surface area contributed by atoms with E-state index in [2.05, 4.69) is 39.9 Å². The summed E-state index contributed by atoms with van der Waals surface area (Å²) in [6.45, 7) is 12.8. The van der Waals surface area contributed by atoms with E-state index in [1.54, 1.807) is 0 Å². The van der Waals surface area contributed by atoms with E-state index < -0.39 is 0 Å². The summed E-state index contributed by atoms with van der Waals surface area (Å²) in [6, 6.07) is 0.442. The molecule has 2 nitrogen and oxygen atoms in total. The van der Waals surface area contributed by atoms with E-state index in [4.69, 9.17) is 4.74 Å². The first kappa shape index (κ1) is 13.9. The molecule has 0 aliphatic heterocycles. The van der Waals surface area contributed by atoms with Crippen LogP contribution in [0.2, 0.25) is 0 Å². The molecule has 0 radical (unpaired) electrons. The summed E-state index contributed by atoms with van der Waals surface area (Å²) in [6.07, 6.45) is 3.34. The summed E-state index contributed by atoms with van der Waals surface area (Å²) in [4.78, 5) is 0. The minimum absolute atomic E-state index is 0.0317. The lowest BCUT2D eigenvalue weighted by molar-refractivity contribution is -0.0677. The molecule has 2 heteroatoms. The number of rotatable bonds is 8. The van der Waals surface area contributed by atoms with Crippen molar-refractivity contribution in [2.45, 2.75) is 65.5 Å². The molecule has 0 saturated carbocycles. The molecular formula is C12H27NO. The van der Waals surface area contributed by atoms with Gasteiger partial charge in [0.05, 0.1) is 5.60 Å². The van der Waals surface area contributed by atoms with Gasteiger partial charge in [-0.15, -0.1) is 0 Å². The average Bonchev–Trinajstić information content (AvgIpc) is 2.22. The predicted molar refractivity (Wildman–Crippen MR) is 62.7 cm³/mol. The predicted octanol–water partition coefficient (Wildman–Crippen LogP) is 2.97. The van der Waals surface area contributed by atoms with Crippen molar-refractivity contribution >= 4 is 0 Å². The van der Waals surface area contributed by atoms with Gasteiger partial charge in [0, 0.05) is 12.6 Å². The van der Waals surface area contributed by atoms with E-state index in [1.165, 1.54) is 6.42 Å². The first-order chi connectivity index (χ1) is 6.66. The van der Waals surface area contributed by atoms with E-state index in [9.17, 15) is 0 Å². The fraction of sp³-hybridized carbons (Fsp3) is 1.00. The van der Waals surface area contributed by atoms with Crippen LogP contribution in [-0.2, 0) is 4.74 Å². The first-order valence-corrected chi connectivity index (χ1v) is 6.04. The normalized spacial score (nSPS) is 14.4. The highest BCUT2D eigenvalue weighted by Crippen LogP contribution is 2.24. The molecule has 0 aromatic rings. The van der Waals surface area contributed by atoms with E-state index in [0.717, 1.165) is 26.0 Å². The van der Waals surface area contributed by atoms with Crippen LogP contribution >= 0.6 is 0 Å². The largest absolute Gasteiger partial charge is 0.374 e. The number of ether oxygens (including phenoxy) is 1. The van der Waals surface area contributed by atoms with Crippen LogP contribution in [0.3, 0.4) is 0 Å². The first-order valence-electron chi connectivity index (χ1n) is 6.04. The average molecular weight is 201 g/mol. The Balaban J connectivity index is 4.28. The Hall–Kier alpha value is -0.0800. The van der Waals surface area contributed by atoms with Gasteiger partial charge in [0.25, 0.3) is 0 Å². The van der Waals surface area contributed by atoms with Crippen molar-refractivity contribution in [2.24, 2.45) is 0 Å². The zero-order valence-electron chi connectivity index (χ0n) is 10.5. The van der Waals surface area contributed by atoms with Gasteiger partial charge in [0.1, 0.15) is 0 Å². The quantitative estimate of drug-likeness (QED) is 0.652. The second kappa shape index (κ2) is 7.24. The maximum Gasteiger partial charge on any atom is 0.0826 e. The summed E-state index contributed by atoms with van der Waals surface area (Å²) < 4.78 is 5.92. The molecule has 0 saturated heterocycles. The molecule has 14 heavy (non-hydrogen) atoms. The molecule has 0 fully saturated rings. The van der Waals surface area contributed by atoms with Gasteiger partial charge in [0.2, 0.25) is 0 Å². The van der Waals surface area contributed by atoms with Gasteiger partial charge in [-0.1, -0.05) is 20.8 Å². The molecule has 0 aromatic heterocycles. The van der Waals surface area contributed by atoms with Crippen molar-refractivity contribution in [1.29, 1.82) is 0 Å². The lowest BCUT2D eigenvalue weighted by Crippen LogP contribution is -2.50. The molecule has 1 N–H and O–H groups in total. The smallest absolute Gasteiger partial charge is 0.0826 e. The lowest BCUT2D eigenvalue weighted by Gasteiger charge is -2.38. The highest BCUT2D eigenvalue weighted by Gasteiger charge is 2.32. The van der Waals surface area contributed by atoms with Crippen LogP contribution in [0.5, 0.6) is 0 Å². The van der Waals surface area contributed by atoms with Crippen molar-refractivity contribution in [2.75, 3.05) is 13.2 Å². The van der Waals surface area contributed by atoms with Crippen LogP contribution in [-0.4, -0.2) is 24.8 Å². The minimum Gasteiger partial charge on any atom is -0.374 e. The molecule has 0 aliphatic carbocycles. The molecule has 86 valence electrons. The maximum absolute atomic E-state index is 5.92. The number of hydrogen-bond donors (Lipinski definition) is 1. The summed E-state index contributed by atoms with van der Waals surface area (Å²) >= 11 is 0. The molecule has 0 aliphatic rings. The molecular weight excluding hydrogens is 174 g/mol. The third-order valence-electron chi connectivity index (χ3n) is 3.12. The van der Waals surface area contributed by atoms with Crippen LogP contribution in [0.4, 0.5) is 0 Å². The molecule has 0 amide bonds. The van der Waals surface area contributed by atoms with Crippen molar-refractivity contribution in [3.8, 4) is 0 Å². The molecule has 0 bridgehead atoms. The Morgan fingerprint density at radius 2 is 1.71 bits per heavy atom. The Morgan fingerprint density at radius 1 is 1.14 bits per heavy atom. The second-order valence-corrected chi connectivity index (χ2v) is 3.88. The van der Waals surface area contributed by atoms with Crippen molar-refractivity contribution in [3.63, 3.8) is 0 Å². The standard InChI is InChI=1S/C12H27NO/c1-6-10-13-11(5)12(7-2,8-3)14-9-4/h11,13H,6-10H2,1-5H3. The molecule has 1 unspecified atom stereocenters. The number of hydrogen-bond acceptors (Lipinski definition) is 2. The highest BCUT2D eigenvalue weighted by atomic mass is 16.5. The lowest BCUT2D eigenvalue weighted by atomic mass is 9.89. The third-order valence-corrected chi connectivity index (χ3v) is 3.12. The zero-order valence-corrected chi connectivity index (χ0v) is 10.5. The van der Waals surface area contributed by atoms with Gasteiger partial charge in [0.15, 0.2) is 0 Å². The topological polar surface area (TPSA) is 21.3 Å². The Bertz CT molecular complexity index is 132.